The fourth-order valence-electron chi connectivity index (χ4n) is 1.40. The SMILES string of the molecule is Nc1cccc(CCC(=O)NCCC(=O)O)c1. The van der Waals surface area contributed by atoms with Crippen molar-refractivity contribution in [3.8, 4) is 0 Å². The second kappa shape index (κ2) is 6.52. The van der Waals surface area contributed by atoms with Crippen LogP contribution in [0.5, 0.6) is 0 Å². The predicted molar refractivity (Wildman–Crippen MR) is 64.4 cm³/mol. The molecule has 0 atom stereocenters. The van der Waals surface area contributed by atoms with Crippen LogP contribution in [0.2, 0.25) is 0 Å². The molecule has 1 amide bonds. The Labute approximate surface area is 99.6 Å². The van der Waals surface area contributed by atoms with Gasteiger partial charge >= 0.3 is 5.97 Å². The smallest absolute Gasteiger partial charge is 0.305 e. The van der Waals surface area contributed by atoms with Gasteiger partial charge in [0, 0.05) is 18.7 Å². The van der Waals surface area contributed by atoms with Gasteiger partial charge < -0.3 is 16.2 Å². The highest BCUT2D eigenvalue weighted by molar-refractivity contribution is 5.77. The number of rotatable bonds is 6. The van der Waals surface area contributed by atoms with Gasteiger partial charge in [-0.2, -0.15) is 0 Å². The van der Waals surface area contributed by atoms with Crippen molar-refractivity contribution in [2.45, 2.75) is 19.3 Å². The molecule has 92 valence electrons. The van der Waals surface area contributed by atoms with Crippen LogP contribution in [0.15, 0.2) is 24.3 Å². The quantitative estimate of drug-likeness (QED) is 0.637. The summed E-state index contributed by atoms with van der Waals surface area (Å²) in [5.74, 6) is -1.06. The number of carboxylic acids is 1. The van der Waals surface area contributed by atoms with Crippen LogP contribution in [0.1, 0.15) is 18.4 Å². The van der Waals surface area contributed by atoms with Crippen molar-refractivity contribution in [1.82, 2.24) is 5.32 Å². The molecule has 0 aliphatic heterocycles. The summed E-state index contributed by atoms with van der Waals surface area (Å²) in [6.07, 6.45) is 0.886. The van der Waals surface area contributed by atoms with Gasteiger partial charge in [-0.05, 0) is 24.1 Å². The van der Waals surface area contributed by atoms with Crippen LogP contribution < -0.4 is 11.1 Å². The third kappa shape index (κ3) is 5.55. The standard InChI is InChI=1S/C12H16N2O3/c13-10-3-1-2-9(8-10)4-5-11(15)14-7-6-12(16)17/h1-3,8H,4-7,13H2,(H,14,15)(H,16,17). The zero-order valence-electron chi connectivity index (χ0n) is 9.48. The van der Waals surface area contributed by atoms with Crippen molar-refractivity contribution in [2.75, 3.05) is 12.3 Å². The maximum Gasteiger partial charge on any atom is 0.305 e. The molecule has 0 aliphatic rings. The summed E-state index contributed by atoms with van der Waals surface area (Å²) >= 11 is 0. The highest BCUT2D eigenvalue weighted by Gasteiger charge is 2.03. The summed E-state index contributed by atoms with van der Waals surface area (Å²) in [5.41, 5.74) is 7.29. The van der Waals surface area contributed by atoms with E-state index in [0.717, 1.165) is 5.56 Å². The Hall–Kier alpha value is -2.04. The van der Waals surface area contributed by atoms with Crippen LogP contribution >= 0.6 is 0 Å². The first-order valence-electron chi connectivity index (χ1n) is 5.41. The zero-order valence-corrected chi connectivity index (χ0v) is 9.48. The van der Waals surface area contributed by atoms with E-state index in [-0.39, 0.29) is 18.9 Å². The number of hydrogen-bond acceptors (Lipinski definition) is 3. The molecule has 5 heteroatoms. The summed E-state index contributed by atoms with van der Waals surface area (Å²) in [6.45, 7) is 0.172. The van der Waals surface area contributed by atoms with E-state index in [4.69, 9.17) is 10.8 Å². The first-order valence-corrected chi connectivity index (χ1v) is 5.41. The first-order chi connectivity index (χ1) is 8.08. The minimum absolute atomic E-state index is 0.0516. The van der Waals surface area contributed by atoms with E-state index < -0.39 is 5.97 Å². The molecule has 1 aromatic rings. The maximum absolute atomic E-state index is 11.3. The fraction of sp³-hybridized carbons (Fsp3) is 0.333. The van der Waals surface area contributed by atoms with E-state index in [2.05, 4.69) is 5.32 Å². The van der Waals surface area contributed by atoms with Gasteiger partial charge in [0.1, 0.15) is 0 Å². The number of benzene rings is 1. The van der Waals surface area contributed by atoms with Crippen LogP contribution in [-0.2, 0) is 16.0 Å². The van der Waals surface area contributed by atoms with Crippen molar-refractivity contribution in [2.24, 2.45) is 0 Å². The van der Waals surface area contributed by atoms with Gasteiger partial charge in [-0.25, -0.2) is 0 Å². The van der Waals surface area contributed by atoms with Gasteiger partial charge in [-0.3, -0.25) is 9.59 Å². The number of aliphatic carboxylic acids is 1. The fourth-order valence-corrected chi connectivity index (χ4v) is 1.40. The molecular weight excluding hydrogens is 220 g/mol. The summed E-state index contributed by atoms with van der Waals surface area (Å²) in [5, 5.41) is 10.9. The largest absolute Gasteiger partial charge is 0.481 e. The minimum Gasteiger partial charge on any atom is -0.481 e. The number of nitrogens with one attached hydrogen (secondary N) is 1. The molecule has 0 fully saturated rings. The molecule has 4 N–H and O–H groups in total. The van der Waals surface area contributed by atoms with Crippen LogP contribution in [0, 0.1) is 0 Å². The molecule has 0 unspecified atom stereocenters. The van der Waals surface area contributed by atoms with E-state index in [9.17, 15) is 9.59 Å². The number of carbonyl (C=O) groups is 2. The van der Waals surface area contributed by atoms with Crippen LogP contribution in [0.4, 0.5) is 5.69 Å². The molecule has 0 bridgehead atoms. The molecule has 0 saturated heterocycles. The Morgan fingerprint density at radius 2 is 2.06 bits per heavy atom. The number of amides is 1. The highest BCUT2D eigenvalue weighted by atomic mass is 16.4. The van der Waals surface area contributed by atoms with Crippen molar-refractivity contribution < 1.29 is 14.7 Å². The van der Waals surface area contributed by atoms with E-state index >= 15 is 0 Å². The molecule has 0 spiro atoms. The average molecular weight is 236 g/mol. The topological polar surface area (TPSA) is 92.4 Å². The number of anilines is 1. The molecule has 0 saturated carbocycles. The van der Waals surface area contributed by atoms with Crippen LogP contribution in [-0.4, -0.2) is 23.5 Å². The molecule has 17 heavy (non-hydrogen) atoms. The maximum atomic E-state index is 11.3. The Bertz CT molecular complexity index is 404. The van der Waals surface area contributed by atoms with E-state index in [1.165, 1.54) is 0 Å². The van der Waals surface area contributed by atoms with Gasteiger partial charge in [0.2, 0.25) is 5.91 Å². The number of hydrogen-bond donors (Lipinski definition) is 3. The minimum atomic E-state index is -0.916. The Morgan fingerprint density at radius 3 is 2.71 bits per heavy atom. The molecule has 0 heterocycles. The van der Waals surface area contributed by atoms with E-state index in [1.807, 2.05) is 18.2 Å². The van der Waals surface area contributed by atoms with Gasteiger partial charge in [-0.15, -0.1) is 0 Å². The normalized spacial score (nSPS) is 9.88. The molecule has 5 nitrogen and oxygen atoms in total. The third-order valence-corrected chi connectivity index (χ3v) is 2.25. The third-order valence-electron chi connectivity index (χ3n) is 2.25. The van der Waals surface area contributed by atoms with E-state index in [0.29, 0.717) is 18.5 Å². The number of aryl methyl sites for hydroxylation is 1. The molecule has 0 aromatic heterocycles. The van der Waals surface area contributed by atoms with Crippen LogP contribution in [0.3, 0.4) is 0 Å². The summed E-state index contributed by atoms with van der Waals surface area (Å²) in [6, 6.07) is 7.36. The molecule has 0 radical (unpaired) electrons. The first kappa shape index (κ1) is 13.0. The Morgan fingerprint density at radius 1 is 1.29 bits per heavy atom. The van der Waals surface area contributed by atoms with Crippen LogP contribution in [0.25, 0.3) is 0 Å². The lowest BCUT2D eigenvalue weighted by molar-refractivity contribution is -0.136. The lowest BCUT2D eigenvalue weighted by Crippen LogP contribution is -2.26. The van der Waals surface area contributed by atoms with Gasteiger partial charge in [0.15, 0.2) is 0 Å². The predicted octanol–water partition coefficient (Wildman–Crippen LogP) is 0.792. The van der Waals surface area contributed by atoms with Gasteiger partial charge in [-0.1, -0.05) is 12.1 Å². The highest BCUT2D eigenvalue weighted by Crippen LogP contribution is 2.08. The van der Waals surface area contributed by atoms with Crippen molar-refractivity contribution >= 4 is 17.6 Å². The van der Waals surface area contributed by atoms with Crippen molar-refractivity contribution in [3.05, 3.63) is 29.8 Å². The monoisotopic (exact) mass is 236 g/mol. The number of nitrogen functional groups attached to an aromatic ring is 1. The number of carboxylic acid groups (broad SMARTS) is 1. The van der Waals surface area contributed by atoms with Gasteiger partial charge in [0.05, 0.1) is 6.42 Å². The summed E-state index contributed by atoms with van der Waals surface area (Å²) < 4.78 is 0. The number of nitrogens with two attached hydrogens (primary N) is 1. The van der Waals surface area contributed by atoms with Crippen molar-refractivity contribution in [3.63, 3.8) is 0 Å². The lowest BCUT2D eigenvalue weighted by Gasteiger charge is -2.04. The summed E-state index contributed by atoms with van der Waals surface area (Å²) in [4.78, 5) is 21.6. The molecule has 0 aliphatic carbocycles. The Balaban J connectivity index is 2.26. The lowest BCUT2D eigenvalue weighted by atomic mass is 10.1. The zero-order chi connectivity index (χ0) is 12.7. The second-order valence-electron chi connectivity index (χ2n) is 3.74. The molecule has 1 rings (SSSR count). The second-order valence-corrected chi connectivity index (χ2v) is 3.74. The summed E-state index contributed by atoms with van der Waals surface area (Å²) in [7, 11) is 0. The number of carbonyl (C=O) groups excluding carboxylic acids is 1. The van der Waals surface area contributed by atoms with E-state index in [1.54, 1.807) is 6.07 Å². The van der Waals surface area contributed by atoms with Crippen molar-refractivity contribution in [1.29, 1.82) is 0 Å². The molecule has 1 aromatic carbocycles. The average Bonchev–Trinajstić information content (AvgIpc) is 2.26. The Kier molecular flexibility index (Phi) is 5.00. The molecular formula is C12H16N2O3. The van der Waals surface area contributed by atoms with Gasteiger partial charge in [0.25, 0.3) is 0 Å².